The lowest BCUT2D eigenvalue weighted by Gasteiger charge is -2.17. The van der Waals surface area contributed by atoms with Crippen LogP contribution in [0, 0.1) is 11.3 Å². The first kappa shape index (κ1) is 20.3. The van der Waals surface area contributed by atoms with Gasteiger partial charge in [0.05, 0.1) is 35.7 Å². The molecule has 31 heavy (non-hydrogen) atoms. The van der Waals surface area contributed by atoms with Crippen molar-refractivity contribution in [2.24, 2.45) is 0 Å². The summed E-state index contributed by atoms with van der Waals surface area (Å²) in [6.45, 7) is -0.241. The highest BCUT2D eigenvalue weighted by Crippen LogP contribution is 2.34. The van der Waals surface area contributed by atoms with Gasteiger partial charge in [-0.3, -0.25) is 0 Å². The van der Waals surface area contributed by atoms with Crippen molar-refractivity contribution in [1.82, 2.24) is 19.9 Å². The van der Waals surface area contributed by atoms with Gasteiger partial charge < -0.3 is 15.4 Å². The number of pyridine rings is 1. The number of fused-ring (bicyclic) bond motifs is 1. The van der Waals surface area contributed by atoms with Gasteiger partial charge in [0.2, 0.25) is 5.95 Å². The van der Waals surface area contributed by atoms with Gasteiger partial charge in [0.25, 0.3) is 0 Å². The number of nitrogens with one attached hydrogen (secondary N) is 2. The van der Waals surface area contributed by atoms with E-state index >= 15 is 0 Å². The van der Waals surface area contributed by atoms with E-state index in [1.165, 1.54) is 12.4 Å². The van der Waals surface area contributed by atoms with Gasteiger partial charge in [0.1, 0.15) is 11.7 Å². The summed E-state index contributed by atoms with van der Waals surface area (Å²) in [6.07, 6.45) is -1.09. The van der Waals surface area contributed by atoms with Crippen LogP contribution in [-0.2, 0) is 6.18 Å². The Morgan fingerprint density at radius 1 is 1.16 bits per heavy atom. The number of aromatic amines is 1. The summed E-state index contributed by atoms with van der Waals surface area (Å²) in [5.74, 6) is 0.117. The second-order valence-corrected chi connectivity index (χ2v) is 6.68. The summed E-state index contributed by atoms with van der Waals surface area (Å²) in [4.78, 5) is 15.1. The van der Waals surface area contributed by atoms with Crippen molar-refractivity contribution >= 4 is 17.0 Å². The number of rotatable bonds is 5. The number of hydrogen-bond donors (Lipinski definition) is 3. The van der Waals surface area contributed by atoms with Crippen LogP contribution < -0.4 is 5.32 Å². The van der Waals surface area contributed by atoms with Gasteiger partial charge in [-0.25, -0.2) is 15.0 Å². The monoisotopic (exact) mass is 424 g/mol. The molecule has 0 bridgehead atoms. The van der Waals surface area contributed by atoms with E-state index in [9.17, 15) is 23.5 Å². The van der Waals surface area contributed by atoms with Crippen molar-refractivity contribution in [2.75, 3.05) is 11.9 Å². The molecule has 0 aliphatic heterocycles. The van der Waals surface area contributed by atoms with E-state index in [4.69, 9.17) is 0 Å². The molecule has 3 N–H and O–H groups in total. The molecule has 0 fully saturated rings. The van der Waals surface area contributed by atoms with Crippen LogP contribution >= 0.6 is 0 Å². The van der Waals surface area contributed by atoms with Gasteiger partial charge in [-0.05, 0) is 11.6 Å². The zero-order valence-electron chi connectivity index (χ0n) is 15.9. The first-order valence-corrected chi connectivity index (χ1v) is 9.15. The number of anilines is 1. The predicted molar refractivity (Wildman–Crippen MR) is 107 cm³/mol. The molecule has 1 unspecified atom stereocenters. The Bertz CT molecular complexity index is 1260. The molecule has 7 nitrogen and oxygen atoms in total. The second-order valence-electron chi connectivity index (χ2n) is 6.68. The summed E-state index contributed by atoms with van der Waals surface area (Å²) in [7, 11) is 0. The summed E-state index contributed by atoms with van der Waals surface area (Å²) in [5.41, 5.74) is 0.649. The SMILES string of the molecule is N#Cc1cnc(NC(CO)c2ccccc2)nc1-c1c[nH]c2ncc(C(F)(F)F)cc12. The molecule has 10 heteroatoms. The summed E-state index contributed by atoms with van der Waals surface area (Å²) >= 11 is 0. The Morgan fingerprint density at radius 3 is 2.61 bits per heavy atom. The minimum atomic E-state index is -4.56. The third kappa shape index (κ3) is 4.04. The third-order valence-corrected chi connectivity index (χ3v) is 4.71. The molecular weight excluding hydrogens is 409 g/mol. The summed E-state index contributed by atoms with van der Waals surface area (Å²) in [6, 6.07) is 11.5. The predicted octanol–water partition coefficient (Wildman–Crippen LogP) is 4.06. The van der Waals surface area contributed by atoms with Crippen LogP contribution in [0.25, 0.3) is 22.3 Å². The number of nitriles is 1. The number of hydrogen-bond acceptors (Lipinski definition) is 6. The number of aliphatic hydroxyl groups excluding tert-OH is 1. The third-order valence-electron chi connectivity index (χ3n) is 4.71. The largest absolute Gasteiger partial charge is 0.417 e. The Labute approximate surface area is 174 Å². The molecule has 0 aliphatic carbocycles. The Balaban J connectivity index is 1.78. The summed E-state index contributed by atoms with van der Waals surface area (Å²) in [5, 5.41) is 22.4. The van der Waals surface area contributed by atoms with Crippen LogP contribution in [0.15, 0.2) is 55.0 Å². The van der Waals surface area contributed by atoms with Gasteiger partial charge in [0.15, 0.2) is 0 Å². The van der Waals surface area contributed by atoms with E-state index in [2.05, 4.69) is 25.3 Å². The fourth-order valence-electron chi connectivity index (χ4n) is 3.17. The average Bonchev–Trinajstić information content (AvgIpc) is 3.20. The maximum absolute atomic E-state index is 13.1. The van der Waals surface area contributed by atoms with Crippen molar-refractivity contribution in [1.29, 1.82) is 5.26 Å². The molecule has 0 amide bonds. The van der Waals surface area contributed by atoms with Gasteiger partial charge in [-0.15, -0.1) is 0 Å². The first-order chi connectivity index (χ1) is 14.9. The Morgan fingerprint density at radius 2 is 1.94 bits per heavy atom. The second kappa shape index (κ2) is 8.04. The summed E-state index contributed by atoms with van der Waals surface area (Å²) < 4.78 is 39.4. The highest BCUT2D eigenvalue weighted by atomic mass is 19.4. The number of benzene rings is 1. The van der Waals surface area contributed by atoms with Crippen molar-refractivity contribution in [3.05, 3.63) is 71.7 Å². The maximum atomic E-state index is 13.1. The molecule has 0 saturated carbocycles. The number of nitrogens with zero attached hydrogens (tertiary/aromatic N) is 4. The van der Waals surface area contributed by atoms with E-state index < -0.39 is 17.8 Å². The van der Waals surface area contributed by atoms with E-state index in [0.29, 0.717) is 0 Å². The van der Waals surface area contributed by atoms with Gasteiger partial charge in [0, 0.05) is 23.3 Å². The van der Waals surface area contributed by atoms with Crippen molar-refractivity contribution in [2.45, 2.75) is 12.2 Å². The van der Waals surface area contributed by atoms with Crippen LogP contribution in [0.4, 0.5) is 19.1 Å². The van der Waals surface area contributed by atoms with Crippen LogP contribution in [0.5, 0.6) is 0 Å². The Hall–Kier alpha value is -3.97. The molecule has 4 aromatic rings. The number of halogens is 3. The number of H-pyrrole nitrogens is 1. The van der Waals surface area contributed by atoms with Crippen molar-refractivity contribution in [3.8, 4) is 17.3 Å². The first-order valence-electron chi connectivity index (χ1n) is 9.15. The number of aromatic nitrogens is 4. The molecular formula is C21H15F3N6O. The average molecular weight is 424 g/mol. The standard InChI is InChI=1S/C21H15F3N6O/c22-21(23,24)14-6-15-16(10-27-19(15)26-9-14)18-13(7-25)8-28-20(30-18)29-17(11-31)12-4-2-1-3-5-12/h1-6,8-10,17,31H,11H2,(H,26,27)(H,28,29,30). The van der Waals surface area contributed by atoms with Gasteiger partial charge >= 0.3 is 6.18 Å². The minimum Gasteiger partial charge on any atom is -0.394 e. The zero-order chi connectivity index (χ0) is 22.0. The molecule has 0 radical (unpaired) electrons. The lowest BCUT2D eigenvalue weighted by molar-refractivity contribution is -0.137. The quantitative estimate of drug-likeness (QED) is 0.446. The van der Waals surface area contributed by atoms with Crippen LogP contribution in [-0.4, -0.2) is 31.6 Å². The van der Waals surface area contributed by atoms with Gasteiger partial charge in [-0.2, -0.15) is 18.4 Å². The van der Waals surface area contributed by atoms with Gasteiger partial charge in [-0.1, -0.05) is 30.3 Å². The molecule has 0 aliphatic rings. The molecule has 1 atom stereocenters. The highest BCUT2D eigenvalue weighted by molar-refractivity contribution is 5.94. The van der Waals surface area contributed by atoms with Crippen LogP contribution in [0.1, 0.15) is 22.7 Å². The molecule has 156 valence electrons. The van der Waals surface area contributed by atoms with Crippen LogP contribution in [0.2, 0.25) is 0 Å². The lowest BCUT2D eigenvalue weighted by atomic mass is 10.1. The molecule has 3 aromatic heterocycles. The van der Waals surface area contributed by atoms with E-state index in [0.717, 1.165) is 17.8 Å². The molecule has 3 heterocycles. The zero-order valence-corrected chi connectivity index (χ0v) is 15.9. The molecule has 4 rings (SSSR count). The van der Waals surface area contributed by atoms with E-state index in [1.54, 1.807) is 0 Å². The van der Waals surface area contributed by atoms with E-state index in [1.807, 2.05) is 36.4 Å². The Kier molecular flexibility index (Phi) is 5.27. The molecule has 0 saturated heterocycles. The molecule has 0 spiro atoms. The smallest absolute Gasteiger partial charge is 0.394 e. The maximum Gasteiger partial charge on any atom is 0.417 e. The normalized spacial score (nSPS) is 12.5. The van der Waals surface area contributed by atoms with Crippen LogP contribution in [0.3, 0.4) is 0 Å². The fraction of sp³-hybridized carbons (Fsp3) is 0.143. The van der Waals surface area contributed by atoms with Crippen molar-refractivity contribution < 1.29 is 18.3 Å². The molecule has 1 aromatic carbocycles. The van der Waals surface area contributed by atoms with Crippen molar-refractivity contribution in [3.63, 3.8) is 0 Å². The number of alkyl halides is 3. The topological polar surface area (TPSA) is 111 Å². The lowest BCUT2D eigenvalue weighted by Crippen LogP contribution is -2.16. The highest BCUT2D eigenvalue weighted by Gasteiger charge is 2.31. The minimum absolute atomic E-state index is 0.0871. The fourth-order valence-corrected chi connectivity index (χ4v) is 3.17. The van der Waals surface area contributed by atoms with E-state index in [-0.39, 0.29) is 40.4 Å². The number of aliphatic hydroxyl groups is 1.